The average Bonchev–Trinajstić information content (AvgIpc) is 3.41. The monoisotopic (exact) mass is 507 g/mol. The summed E-state index contributed by atoms with van der Waals surface area (Å²) in [4.78, 5) is 19.1. The summed E-state index contributed by atoms with van der Waals surface area (Å²) in [6.45, 7) is 0. The number of aromatic hydroxyl groups is 1. The molecule has 0 radical (unpaired) electrons. The van der Waals surface area contributed by atoms with Gasteiger partial charge in [-0.15, -0.1) is 11.8 Å². The first-order chi connectivity index (χ1) is 16.5. The summed E-state index contributed by atoms with van der Waals surface area (Å²) in [5.41, 5.74) is 2.64. The molecule has 0 spiro atoms. The maximum Gasteiger partial charge on any atom is 0.282 e. The average molecular weight is 508 g/mol. The number of rotatable bonds is 6. The Kier molecular flexibility index (Phi) is 6.28. The van der Waals surface area contributed by atoms with E-state index >= 15 is 0 Å². The Hall–Kier alpha value is -3.33. The topological polar surface area (TPSA) is 75.0 Å². The van der Waals surface area contributed by atoms with Crippen molar-refractivity contribution in [2.75, 3.05) is 17.9 Å². The van der Waals surface area contributed by atoms with E-state index in [9.17, 15) is 9.90 Å². The van der Waals surface area contributed by atoms with Gasteiger partial charge in [0.05, 0.1) is 28.6 Å². The van der Waals surface area contributed by atoms with E-state index in [1.807, 2.05) is 48.5 Å². The number of halogens is 1. The zero-order valence-corrected chi connectivity index (χ0v) is 20.3. The zero-order chi connectivity index (χ0) is 23.7. The second-order valence-corrected chi connectivity index (χ2v) is 9.85. The van der Waals surface area contributed by atoms with Crippen LogP contribution in [-0.4, -0.2) is 34.6 Å². The van der Waals surface area contributed by atoms with E-state index in [0.29, 0.717) is 38.5 Å². The number of hydrogen-bond donors (Lipinski definition) is 1. The van der Waals surface area contributed by atoms with Crippen molar-refractivity contribution in [2.24, 2.45) is 5.10 Å². The predicted molar refractivity (Wildman–Crippen MR) is 139 cm³/mol. The van der Waals surface area contributed by atoms with Gasteiger partial charge in [-0.25, -0.2) is 4.98 Å². The smallest absolute Gasteiger partial charge is 0.282 e. The molecule has 0 atom stereocenters. The van der Waals surface area contributed by atoms with Crippen LogP contribution in [0.3, 0.4) is 0 Å². The maximum absolute atomic E-state index is 13.5. The van der Waals surface area contributed by atoms with Crippen LogP contribution in [0, 0.1) is 0 Å². The Labute approximate surface area is 209 Å². The molecule has 5 rings (SSSR count). The summed E-state index contributed by atoms with van der Waals surface area (Å²) in [6, 6.07) is 20.2. The Morgan fingerprint density at radius 2 is 1.94 bits per heavy atom. The van der Waals surface area contributed by atoms with Gasteiger partial charge in [0.2, 0.25) is 5.13 Å². The fourth-order valence-electron chi connectivity index (χ4n) is 3.42. The van der Waals surface area contributed by atoms with Crippen LogP contribution >= 0.6 is 34.7 Å². The third kappa shape index (κ3) is 4.52. The van der Waals surface area contributed by atoms with Gasteiger partial charge in [-0.2, -0.15) is 10.1 Å². The molecule has 0 bridgehead atoms. The van der Waals surface area contributed by atoms with E-state index in [2.05, 4.69) is 10.1 Å². The fourth-order valence-corrected chi connectivity index (χ4v) is 5.31. The number of methoxy groups -OCH3 is 1. The van der Waals surface area contributed by atoms with Crippen LogP contribution in [0.1, 0.15) is 5.56 Å². The number of anilines is 1. The number of phenolic OH excluding ortho intramolecular Hbond substituents is 1. The van der Waals surface area contributed by atoms with Crippen LogP contribution < -0.4 is 9.75 Å². The number of hydrogen-bond acceptors (Lipinski definition) is 7. The van der Waals surface area contributed by atoms with E-state index in [-0.39, 0.29) is 11.7 Å². The summed E-state index contributed by atoms with van der Waals surface area (Å²) in [7, 11) is 1.48. The van der Waals surface area contributed by atoms with Gasteiger partial charge in [0, 0.05) is 15.7 Å². The number of fused-ring (bicyclic) bond motifs is 1. The second-order valence-electron chi connectivity index (χ2n) is 7.36. The van der Waals surface area contributed by atoms with Gasteiger partial charge in [-0.3, -0.25) is 4.79 Å². The van der Waals surface area contributed by atoms with Crippen molar-refractivity contribution in [3.05, 3.63) is 82.9 Å². The highest BCUT2D eigenvalue weighted by atomic mass is 35.5. The minimum absolute atomic E-state index is 0.0330. The van der Waals surface area contributed by atoms with Crippen LogP contribution in [0.25, 0.3) is 16.3 Å². The quantitative estimate of drug-likeness (QED) is 0.247. The molecule has 1 N–H and O–H groups in total. The number of thiazole rings is 1. The van der Waals surface area contributed by atoms with Gasteiger partial charge >= 0.3 is 0 Å². The van der Waals surface area contributed by atoms with Crippen LogP contribution in [0.4, 0.5) is 5.13 Å². The molecule has 1 aliphatic rings. The molecule has 6 nitrogen and oxygen atoms in total. The van der Waals surface area contributed by atoms with E-state index in [1.165, 1.54) is 29.5 Å². The molecule has 0 saturated carbocycles. The first kappa shape index (κ1) is 22.5. The standard InChI is InChI=1S/C25H18ClN3O3S2/c1-32-22-13-15(6-11-21(22)30)12-18-20(14-33-17-9-7-16(26)8-10-17)28-29(24(18)31)25-27-19-4-2-3-5-23(19)34-25/h2-13,30H,14H2,1H3. The molecule has 4 aromatic rings. The molecular weight excluding hydrogens is 490 g/mol. The molecule has 170 valence electrons. The minimum Gasteiger partial charge on any atom is -0.504 e. The fraction of sp³-hybridized carbons (Fsp3) is 0.0800. The third-order valence-corrected chi connectivity index (χ3v) is 7.41. The van der Waals surface area contributed by atoms with Crippen LogP contribution in [-0.2, 0) is 4.79 Å². The summed E-state index contributed by atoms with van der Waals surface area (Å²) in [5.74, 6) is 0.593. The Morgan fingerprint density at radius 3 is 2.71 bits per heavy atom. The van der Waals surface area contributed by atoms with Crippen LogP contribution in [0.2, 0.25) is 5.02 Å². The second kappa shape index (κ2) is 9.50. The number of benzene rings is 3. The number of hydrazone groups is 1. The highest BCUT2D eigenvalue weighted by Gasteiger charge is 2.33. The molecule has 1 aliphatic heterocycles. The Balaban J connectivity index is 1.51. The van der Waals surface area contributed by atoms with Gasteiger partial charge in [0.15, 0.2) is 11.5 Å². The maximum atomic E-state index is 13.5. The van der Waals surface area contributed by atoms with Crippen molar-refractivity contribution in [3.63, 3.8) is 0 Å². The largest absolute Gasteiger partial charge is 0.504 e. The number of aromatic nitrogens is 1. The minimum atomic E-state index is -0.252. The summed E-state index contributed by atoms with van der Waals surface area (Å²) < 4.78 is 6.20. The summed E-state index contributed by atoms with van der Waals surface area (Å²) in [6.07, 6.45) is 1.76. The molecule has 0 aliphatic carbocycles. The van der Waals surface area contributed by atoms with Crippen LogP contribution in [0.15, 0.2) is 82.3 Å². The molecule has 34 heavy (non-hydrogen) atoms. The van der Waals surface area contributed by atoms with Gasteiger partial charge < -0.3 is 9.84 Å². The van der Waals surface area contributed by atoms with Crippen molar-refractivity contribution >= 4 is 67.7 Å². The normalized spacial score (nSPS) is 14.8. The van der Waals surface area contributed by atoms with Crippen molar-refractivity contribution in [1.82, 2.24) is 4.98 Å². The molecule has 0 saturated heterocycles. The molecule has 2 heterocycles. The number of phenols is 1. The van der Waals surface area contributed by atoms with E-state index in [4.69, 9.17) is 16.3 Å². The lowest BCUT2D eigenvalue weighted by molar-refractivity contribution is -0.114. The van der Waals surface area contributed by atoms with Crippen molar-refractivity contribution in [2.45, 2.75) is 4.90 Å². The van der Waals surface area contributed by atoms with Gasteiger partial charge in [0.25, 0.3) is 5.91 Å². The molecule has 0 unspecified atom stereocenters. The first-order valence-corrected chi connectivity index (χ1v) is 12.4. The molecule has 0 fully saturated rings. The predicted octanol–water partition coefficient (Wildman–Crippen LogP) is 6.24. The third-order valence-electron chi connectivity index (χ3n) is 5.12. The van der Waals surface area contributed by atoms with Crippen molar-refractivity contribution in [3.8, 4) is 11.5 Å². The highest BCUT2D eigenvalue weighted by molar-refractivity contribution is 8.00. The van der Waals surface area contributed by atoms with E-state index in [0.717, 1.165) is 15.1 Å². The number of thioether (sulfide) groups is 1. The molecule has 3 aromatic carbocycles. The number of carbonyl (C=O) groups is 1. The molecule has 1 aromatic heterocycles. The van der Waals surface area contributed by atoms with E-state index < -0.39 is 0 Å². The lowest BCUT2D eigenvalue weighted by atomic mass is 10.1. The number of amides is 1. The number of nitrogens with zero attached hydrogens (tertiary/aromatic N) is 3. The Morgan fingerprint density at radius 1 is 1.15 bits per heavy atom. The SMILES string of the molecule is COc1cc(C=C2C(=O)N(c3nc4ccccc4s3)N=C2CSc2ccc(Cl)cc2)ccc1O. The number of para-hydroxylation sites is 1. The van der Waals surface area contributed by atoms with Crippen molar-refractivity contribution < 1.29 is 14.6 Å². The van der Waals surface area contributed by atoms with Gasteiger partial charge in [-0.1, -0.05) is 41.1 Å². The molecule has 1 amide bonds. The van der Waals surface area contributed by atoms with E-state index in [1.54, 1.807) is 30.0 Å². The van der Waals surface area contributed by atoms with Crippen LogP contribution in [0.5, 0.6) is 11.5 Å². The van der Waals surface area contributed by atoms with Crippen molar-refractivity contribution in [1.29, 1.82) is 0 Å². The number of ether oxygens (including phenoxy) is 1. The highest BCUT2D eigenvalue weighted by Crippen LogP contribution is 2.34. The first-order valence-electron chi connectivity index (χ1n) is 10.3. The Bertz CT molecular complexity index is 1410. The van der Waals surface area contributed by atoms with Gasteiger partial charge in [-0.05, 0) is 60.2 Å². The lowest BCUT2D eigenvalue weighted by Gasteiger charge is -2.07. The number of carbonyl (C=O) groups excluding carboxylic acids is 1. The lowest BCUT2D eigenvalue weighted by Crippen LogP contribution is -2.21. The van der Waals surface area contributed by atoms with Gasteiger partial charge in [0.1, 0.15) is 0 Å². The molecular formula is C25H18ClN3O3S2. The zero-order valence-electron chi connectivity index (χ0n) is 17.9. The summed E-state index contributed by atoms with van der Waals surface area (Å²) in [5, 5.41) is 17.1. The molecule has 9 heteroatoms. The summed E-state index contributed by atoms with van der Waals surface area (Å²) >= 11 is 8.98.